The summed E-state index contributed by atoms with van der Waals surface area (Å²) in [5.41, 5.74) is 0. The zero-order valence-electron chi connectivity index (χ0n) is 9.69. The fourth-order valence-corrected chi connectivity index (χ4v) is 1.07. The number of anilines is 2. The van der Waals surface area contributed by atoms with E-state index < -0.39 is 0 Å². The molecule has 0 saturated carbocycles. The van der Waals surface area contributed by atoms with Crippen LogP contribution in [0.2, 0.25) is 0 Å². The summed E-state index contributed by atoms with van der Waals surface area (Å²) in [6, 6.07) is 1.82. The van der Waals surface area contributed by atoms with Gasteiger partial charge in [0.1, 0.15) is 5.82 Å². The highest BCUT2D eigenvalue weighted by atomic mass is 16.5. The molecule has 0 spiro atoms. The lowest BCUT2D eigenvalue weighted by Crippen LogP contribution is -2.13. The van der Waals surface area contributed by atoms with E-state index in [4.69, 9.17) is 9.47 Å². The highest BCUT2D eigenvalue weighted by Gasteiger charge is 1.95. The van der Waals surface area contributed by atoms with Crippen LogP contribution in [0.4, 0.5) is 11.8 Å². The van der Waals surface area contributed by atoms with Gasteiger partial charge in [0.15, 0.2) is 0 Å². The standard InChI is InChI=1S/C10H18N4O2/c1-11-10-13-4-3-9(14-10)12-5-6-16-8-7-15-2/h3-4H,5-8H2,1-2H3,(H2,11,12,13,14). The molecule has 6 nitrogen and oxygen atoms in total. The molecule has 16 heavy (non-hydrogen) atoms. The lowest BCUT2D eigenvalue weighted by molar-refractivity contribution is 0.0759. The van der Waals surface area contributed by atoms with Crippen LogP contribution < -0.4 is 10.6 Å². The molecule has 0 unspecified atom stereocenters. The molecule has 0 bridgehead atoms. The van der Waals surface area contributed by atoms with Crippen LogP contribution in [0.5, 0.6) is 0 Å². The summed E-state index contributed by atoms with van der Waals surface area (Å²) in [4.78, 5) is 8.23. The van der Waals surface area contributed by atoms with Gasteiger partial charge in [0.25, 0.3) is 0 Å². The van der Waals surface area contributed by atoms with Crippen molar-refractivity contribution in [1.82, 2.24) is 9.97 Å². The average Bonchev–Trinajstić information content (AvgIpc) is 2.34. The molecule has 0 aliphatic rings. The summed E-state index contributed by atoms with van der Waals surface area (Å²) in [6.07, 6.45) is 1.70. The smallest absolute Gasteiger partial charge is 0.224 e. The first-order valence-corrected chi connectivity index (χ1v) is 5.18. The zero-order chi connectivity index (χ0) is 11.6. The monoisotopic (exact) mass is 226 g/mol. The topological polar surface area (TPSA) is 68.3 Å². The van der Waals surface area contributed by atoms with Crippen molar-refractivity contribution in [1.29, 1.82) is 0 Å². The minimum Gasteiger partial charge on any atom is -0.382 e. The van der Waals surface area contributed by atoms with E-state index in [1.165, 1.54) is 0 Å². The van der Waals surface area contributed by atoms with Crippen molar-refractivity contribution in [3.05, 3.63) is 12.3 Å². The van der Waals surface area contributed by atoms with Crippen LogP contribution >= 0.6 is 0 Å². The van der Waals surface area contributed by atoms with Crippen LogP contribution in [-0.2, 0) is 9.47 Å². The van der Waals surface area contributed by atoms with E-state index in [1.807, 2.05) is 6.07 Å². The highest BCUT2D eigenvalue weighted by molar-refractivity contribution is 5.38. The van der Waals surface area contributed by atoms with Crippen molar-refractivity contribution in [2.24, 2.45) is 0 Å². The van der Waals surface area contributed by atoms with Gasteiger partial charge in [-0.05, 0) is 6.07 Å². The summed E-state index contributed by atoms with van der Waals surface area (Å²) in [6.45, 7) is 2.58. The van der Waals surface area contributed by atoms with E-state index in [1.54, 1.807) is 20.4 Å². The van der Waals surface area contributed by atoms with Gasteiger partial charge >= 0.3 is 0 Å². The van der Waals surface area contributed by atoms with Crippen LogP contribution in [0.25, 0.3) is 0 Å². The van der Waals surface area contributed by atoms with Gasteiger partial charge < -0.3 is 20.1 Å². The molecule has 0 aliphatic heterocycles. The summed E-state index contributed by atoms with van der Waals surface area (Å²) in [5, 5.41) is 6.02. The lowest BCUT2D eigenvalue weighted by Gasteiger charge is -2.07. The molecule has 2 N–H and O–H groups in total. The van der Waals surface area contributed by atoms with Crippen molar-refractivity contribution >= 4 is 11.8 Å². The predicted octanol–water partition coefficient (Wildman–Crippen LogP) is 0.593. The summed E-state index contributed by atoms with van der Waals surface area (Å²) >= 11 is 0. The Labute approximate surface area is 95.4 Å². The third-order valence-corrected chi connectivity index (χ3v) is 1.86. The molecule has 0 aliphatic carbocycles. The second-order valence-corrected chi connectivity index (χ2v) is 3.05. The molecule has 0 saturated heterocycles. The minimum atomic E-state index is 0.602. The highest BCUT2D eigenvalue weighted by Crippen LogP contribution is 2.03. The fraction of sp³-hybridized carbons (Fsp3) is 0.600. The van der Waals surface area contributed by atoms with Gasteiger partial charge in [0, 0.05) is 26.9 Å². The minimum absolute atomic E-state index is 0.602. The van der Waals surface area contributed by atoms with Gasteiger partial charge in [0.05, 0.1) is 19.8 Å². The maximum absolute atomic E-state index is 5.31. The van der Waals surface area contributed by atoms with Crippen molar-refractivity contribution in [2.45, 2.75) is 0 Å². The SMILES string of the molecule is CNc1nccc(NCCOCCOC)n1. The van der Waals surface area contributed by atoms with Crippen LogP contribution in [0.1, 0.15) is 0 Å². The van der Waals surface area contributed by atoms with E-state index in [2.05, 4.69) is 20.6 Å². The van der Waals surface area contributed by atoms with E-state index in [-0.39, 0.29) is 0 Å². The number of nitrogens with zero attached hydrogens (tertiary/aromatic N) is 2. The van der Waals surface area contributed by atoms with Crippen LogP contribution in [0.3, 0.4) is 0 Å². The Bertz CT molecular complexity index is 296. The Morgan fingerprint density at radius 2 is 2.19 bits per heavy atom. The Morgan fingerprint density at radius 1 is 1.31 bits per heavy atom. The van der Waals surface area contributed by atoms with Crippen LogP contribution in [0, 0.1) is 0 Å². The summed E-state index contributed by atoms with van der Waals surface area (Å²) in [5.74, 6) is 1.39. The van der Waals surface area contributed by atoms with E-state index >= 15 is 0 Å². The maximum Gasteiger partial charge on any atom is 0.224 e. The lowest BCUT2D eigenvalue weighted by atomic mass is 10.5. The quantitative estimate of drug-likeness (QED) is 0.632. The fourth-order valence-electron chi connectivity index (χ4n) is 1.07. The molecule has 0 amide bonds. The second-order valence-electron chi connectivity index (χ2n) is 3.05. The van der Waals surface area contributed by atoms with Gasteiger partial charge in [-0.1, -0.05) is 0 Å². The van der Waals surface area contributed by atoms with Gasteiger partial charge in [-0.15, -0.1) is 0 Å². The van der Waals surface area contributed by atoms with Gasteiger partial charge in [-0.25, -0.2) is 4.98 Å². The van der Waals surface area contributed by atoms with Crippen LogP contribution in [-0.4, -0.2) is 50.5 Å². The molecular weight excluding hydrogens is 208 g/mol. The van der Waals surface area contributed by atoms with Gasteiger partial charge in [-0.2, -0.15) is 4.98 Å². The van der Waals surface area contributed by atoms with E-state index in [9.17, 15) is 0 Å². The molecule has 0 aromatic carbocycles. The molecule has 1 heterocycles. The molecule has 0 radical (unpaired) electrons. The second kappa shape index (κ2) is 7.84. The Morgan fingerprint density at radius 3 is 2.94 bits per heavy atom. The third-order valence-electron chi connectivity index (χ3n) is 1.86. The number of nitrogens with one attached hydrogen (secondary N) is 2. The Balaban J connectivity index is 2.16. The average molecular weight is 226 g/mol. The predicted molar refractivity (Wildman–Crippen MR) is 62.8 cm³/mol. The Hall–Kier alpha value is -1.40. The molecule has 0 atom stereocenters. The first-order valence-electron chi connectivity index (χ1n) is 5.18. The molecule has 1 aromatic heterocycles. The summed E-state index contributed by atoms with van der Waals surface area (Å²) < 4.78 is 10.2. The van der Waals surface area contributed by atoms with Crippen LogP contribution in [0.15, 0.2) is 12.3 Å². The van der Waals surface area contributed by atoms with Crippen molar-refractivity contribution in [3.8, 4) is 0 Å². The maximum atomic E-state index is 5.31. The molecular formula is C10H18N4O2. The first kappa shape index (κ1) is 12.7. The number of rotatable bonds is 8. The zero-order valence-corrected chi connectivity index (χ0v) is 9.69. The van der Waals surface area contributed by atoms with Gasteiger partial charge in [-0.3, -0.25) is 0 Å². The third kappa shape index (κ3) is 4.90. The largest absolute Gasteiger partial charge is 0.382 e. The Kier molecular flexibility index (Phi) is 6.20. The number of ether oxygens (including phenoxy) is 2. The van der Waals surface area contributed by atoms with Crippen molar-refractivity contribution in [2.75, 3.05) is 51.2 Å². The number of methoxy groups -OCH3 is 1. The first-order chi connectivity index (χ1) is 7.86. The molecule has 1 aromatic rings. The van der Waals surface area contributed by atoms with Gasteiger partial charge in [0.2, 0.25) is 5.95 Å². The molecule has 90 valence electrons. The normalized spacial score (nSPS) is 10.1. The van der Waals surface area contributed by atoms with Crippen molar-refractivity contribution in [3.63, 3.8) is 0 Å². The molecule has 0 fully saturated rings. The molecule has 1 rings (SSSR count). The van der Waals surface area contributed by atoms with E-state index in [0.29, 0.717) is 32.3 Å². The number of hydrogen-bond donors (Lipinski definition) is 2. The number of hydrogen-bond acceptors (Lipinski definition) is 6. The van der Waals surface area contributed by atoms with E-state index in [0.717, 1.165) is 5.82 Å². The molecule has 6 heteroatoms. The van der Waals surface area contributed by atoms with Crippen molar-refractivity contribution < 1.29 is 9.47 Å². The summed E-state index contributed by atoms with van der Waals surface area (Å²) in [7, 11) is 3.44. The number of aromatic nitrogens is 2.